The monoisotopic (exact) mass is 285 g/mol. The molecule has 21 heavy (non-hydrogen) atoms. The quantitative estimate of drug-likeness (QED) is 0.732. The molecule has 0 heterocycles. The molecule has 2 N–H and O–H groups in total. The van der Waals surface area contributed by atoms with Crippen molar-refractivity contribution in [2.75, 3.05) is 26.8 Å². The molecule has 0 saturated carbocycles. The van der Waals surface area contributed by atoms with Crippen molar-refractivity contribution >= 4 is 0 Å². The second-order valence-corrected chi connectivity index (χ2v) is 5.06. The largest absolute Gasteiger partial charge is 0.391 e. The molecule has 0 amide bonds. The fraction of sp³-hybridized carbons (Fsp3) is 0.333. The Hall–Kier alpha value is -1.68. The van der Waals surface area contributed by atoms with Gasteiger partial charge in [-0.1, -0.05) is 60.7 Å². The summed E-state index contributed by atoms with van der Waals surface area (Å²) >= 11 is 0. The topological polar surface area (TPSA) is 41.5 Å². The summed E-state index contributed by atoms with van der Waals surface area (Å²) in [6.07, 6.45) is -0.480. The van der Waals surface area contributed by atoms with Crippen LogP contribution in [0.2, 0.25) is 0 Å². The summed E-state index contributed by atoms with van der Waals surface area (Å²) < 4.78 is 5.01. The Labute approximate surface area is 126 Å². The average Bonchev–Trinajstić information content (AvgIpc) is 2.54. The molecule has 1 atom stereocenters. The van der Waals surface area contributed by atoms with Crippen LogP contribution in [0, 0.1) is 0 Å². The number of aliphatic hydroxyl groups excluding tert-OH is 1. The average molecular weight is 285 g/mol. The highest BCUT2D eigenvalue weighted by atomic mass is 16.5. The third-order valence-electron chi connectivity index (χ3n) is 3.54. The van der Waals surface area contributed by atoms with Gasteiger partial charge in [-0.2, -0.15) is 0 Å². The minimum atomic E-state index is -0.480. The summed E-state index contributed by atoms with van der Waals surface area (Å²) in [6.45, 7) is 1.93. The molecule has 2 aromatic rings. The van der Waals surface area contributed by atoms with E-state index < -0.39 is 6.10 Å². The van der Waals surface area contributed by atoms with E-state index in [1.165, 1.54) is 0 Å². The minimum absolute atomic E-state index is 0.0255. The summed E-state index contributed by atoms with van der Waals surface area (Å²) in [5, 5.41) is 13.8. The van der Waals surface area contributed by atoms with Gasteiger partial charge in [-0.05, 0) is 11.1 Å². The lowest BCUT2D eigenvalue weighted by atomic mass is 9.86. The highest BCUT2D eigenvalue weighted by molar-refractivity contribution is 5.33. The van der Waals surface area contributed by atoms with Crippen LogP contribution in [-0.2, 0) is 4.74 Å². The van der Waals surface area contributed by atoms with Crippen LogP contribution in [0.3, 0.4) is 0 Å². The summed E-state index contributed by atoms with van der Waals surface area (Å²) in [4.78, 5) is 0. The molecule has 112 valence electrons. The first kappa shape index (κ1) is 15.7. The van der Waals surface area contributed by atoms with Gasteiger partial charge in [-0.15, -0.1) is 0 Å². The maximum Gasteiger partial charge on any atom is 0.0773 e. The number of aliphatic hydroxyl groups is 1. The lowest BCUT2D eigenvalue weighted by molar-refractivity contribution is 0.145. The van der Waals surface area contributed by atoms with Crippen molar-refractivity contribution in [3.8, 4) is 0 Å². The van der Waals surface area contributed by atoms with Crippen molar-refractivity contribution < 1.29 is 9.84 Å². The summed E-state index contributed by atoms with van der Waals surface area (Å²) in [6, 6.07) is 20.3. The maximum absolute atomic E-state index is 10.6. The first-order valence-electron chi connectivity index (χ1n) is 7.30. The molecule has 0 bridgehead atoms. The van der Waals surface area contributed by atoms with Gasteiger partial charge < -0.3 is 15.2 Å². The lowest BCUT2D eigenvalue weighted by Gasteiger charge is -2.24. The molecular formula is C18H23NO2. The van der Waals surface area contributed by atoms with E-state index in [9.17, 15) is 5.11 Å². The second-order valence-electron chi connectivity index (χ2n) is 5.06. The van der Waals surface area contributed by atoms with Gasteiger partial charge in [0, 0.05) is 26.1 Å². The second kappa shape index (κ2) is 8.57. The highest BCUT2D eigenvalue weighted by Crippen LogP contribution is 2.27. The smallest absolute Gasteiger partial charge is 0.0773 e. The molecule has 3 heteroatoms. The molecule has 0 saturated heterocycles. The van der Waals surface area contributed by atoms with Crippen molar-refractivity contribution in [1.29, 1.82) is 0 Å². The maximum atomic E-state index is 10.6. The Morgan fingerprint density at radius 1 is 0.952 bits per heavy atom. The minimum Gasteiger partial charge on any atom is -0.391 e. The molecule has 0 radical (unpaired) electrons. The van der Waals surface area contributed by atoms with Gasteiger partial charge >= 0.3 is 0 Å². The van der Waals surface area contributed by atoms with Crippen LogP contribution in [0.1, 0.15) is 17.0 Å². The number of ether oxygens (including phenoxy) is 1. The predicted octanol–water partition coefficient (Wildman–Crippen LogP) is 2.42. The molecule has 0 aliphatic rings. The normalized spacial score (nSPS) is 12.5. The molecule has 0 fully saturated rings. The number of methoxy groups -OCH3 is 1. The SMILES string of the molecule is COCCNCC(O)C(c1ccccc1)c1ccccc1. The van der Waals surface area contributed by atoms with Crippen LogP contribution in [0.15, 0.2) is 60.7 Å². The summed E-state index contributed by atoms with van der Waals surface area (Å²) in [7, 11) is 1.68. The molecule has 2 aromatic carbocycles. The molecule has 0 spiro atoms. The molecule has 3 nitrogen and oxygen atoms in total. The first-order valence-corrected chi connectivity index (χ1v) is 7.30. The van der Waals surface area contributed by atoms with Crippen molar-refractivity contribution in [3.63, 3.8) is 0 Å². The van der Waals surface area contributed by atoms with Gasteiger partial charge in [-0.25, -0.2) is 0 Å². The fourth-order valence-electron chi connectivity index (χ4n) is 2.50. The summed E-state index contributed by atoms with van der Waals surface area (Å²) in [5.41, 5.74) is 2.26. The number of hydrogen-bond acceptors (Lipinski definition) is 3. The number of hydrogen-bond donors (Lipinski definition) is 2. The van der Waals surface area contributed by atoms with E-state index in [1.54, 1.807) is 7.11 Å². The van der Waals surface area contributed by atoms with Crippen molar-refractivity contribution in [1.82, 2.24) is 5.32 Å². The van der Waals surface area contributed by atoms with E-state index in [1.807, 2.05) is 36.4 Å². The first-order chi connectivity index (χ1) is 10.3. The van der Waals surface area contributed by atoms with Crippen molar-refractivity contribution in [3.05, 3.63) is 71.8 Å². The van der Waals surface area contributed by atoms with Gasteiger partial charge in [0.05, 0.1) is 12.7 Å². The summed E-state index contributed by atoms with van der Waals surface area (Å²) in [5.74, 6) is -0.0255. The van der Waals surface area contributed by atoms with Gasteiger partial charge in [-0.3, -0.25) is 0 Å². The molecule has 0 aromatic heterocycles. The van der Waals surface area contributed by atoms with E-state index >= 15 is 0 Å². The molecule has 0 aliphatic heterocycles. The van der Waals surface area contributed by atoms with Crippen LogP contribution in [0.4, 0.5) is 0 Å². The molecule has 1 unspecified atom stereocenters. The van der Waals surface area contributed by atoms with Crippen LogP contribution >= 0.6 is 0 Å². The van der Waals surface area contributed by atoms with Gasteiger partial charge in [0.1, 0.15) is 0 Å². The van der Waals surface area contributed by atoms with Crippen LogP contribution < -0.4 is 5.32 Å². The Morgan fingerprint density at radius 2 is 1.48 bits per heavy atom. The van der Waals surface area contributed by atoms with Gasteiger partial charge in [0.25, 0.3) is 0 Å². The lowest BCUT2D eigenvalue weighted by Crippen LogP contribution is -2.34. The van der Waals surface area contributed by atoms with E-state index in [0.717, 1.165) is 17.7 Å². The Kier molecular flexibility index (Phi) is 6.41. The van der Waals surface area contributed by atoms with Gasteiger partial charge in [0.15, 0.2) is 0 Å². The van der Waals surface area contributed by atoms with E-state index in [2.05, 4.69) is 29.6 Å². The zero-order valence-electron chi connectivity index (χ0n) is 12.4. The van der Waals surface area contributed by atoms with Crippen LogP contribution in [0.25, 0.3) is 0 Å². The standard InChI is InChI=1S/C18H23NO2/c1-21-13-12-19-14-17(20)18(15-8-4-2-5-9-15)16-10-6-3-7-11-16/h2-11,17-20H,12-14H2,1H3. The molecule has 2 rings (SSSR count). The fourth-order valence-corrected chi connectivity index (χ4v) is 2.50. The molecular weight excluding hydrogens is 262 g/mol. The highest BCUT2D eigenvalue weighted by Gasteiger charge is 2.22. The van der Waals surface area contributed by atoms with E-state index in [4.69, 9.17) is 4.74 Å². The van der Waals surface area contributed by atoms with Crippen LogP contribution in [0.5, 0.6) is 0 Å². The molecule has 0 aliphatic carbocycles. The third-order valence-corrected chi connectivity index (χ3v) is 3.54. The third kappa shape index (κ3) is 4.67. The van der Waals surface area contributed by atoms with Crippen molar-refractivity contribution in [2.24, 2.45) is 0 Å². The number of rotatable bonds is 8. The zero-order chi connectivity index (χ0) is 14.9. The van der Waals surface area contributed by atoms with Crippen molar-refractivity contribution in [2.45, 2.75) is 12.0 Å². The number of nitrogens with one attached hydrogen (secondary N) is 1. The Morgan fingerprint density at radius 3 is 1.95 bits per heavy atom. The van der Waals surface area contributed by atoms with E-state index in [-0.39, 0.29) is 5.92 Å². The van der Waals surface area contributed by atoms with Crippen LogP contribution in [-0.4, -0.2) is 38.0 Å². The van der Waals surface area contributed by atoms with E-state index in [0.29, 0.717) is 13.2 Å². The van der Waals surface area contributed by atoms with Gasteiger partial charge in [0.2, 0.25) is 0 Å². The Bertz CT molecular complexity index is 462. The number of benzene rings is 2. The zero-order valence-corrected chi connectivity index (χ0v) is 12.4. The Balaban J connectivity index is 2.13. The predicted molar refractivity (Wildman–Crippen MR) is 85.5 cm³/mol.